The molecule has 0 spiro atoms. The standard InChI is InChI=1S/C19H26N2O7/c1-4-5-8-26-9-10-27-17(22)12-20-15-11-14(21(24)25)6-7-16(15)28-18(13(2)3)19(20)23/h6-7,11,13,18H,4-5,8-10,12H2,1-3H3. The first-order valence-electron chi connectivity index (χ1n) is 9.35. The minimum absolute atomic E-state index is 0.0798. The fourth-order valence-electron chi connectivity index (χ4n) is 2.71. The van der Waals surface area contributed by atoms with Crippen LogP contribution in [0.1, 0.15) is 33.6 Å². The van der Waals surface area contributed by atoms with E-state index in [0.717, 1.165) is 12.8 Å². The predicted octanol–water partition coefficient (Wildman–Crippen LogP) is 2.70. The number of rotatable bonds is 10. The average Bonchev–Trinajstić information content (AvgIpc) is 2.65. The summed E-state index contributed by atoms with van der Waals surface area (Å²) in [5.74, 6) is -0.866. The smallest absolute Gasteiger partial charge is 0.326 e. The summed E-state index contributed by atoms with van der Waals surface area (Å²) in [5.41, 5.74) is -0.00640. The molecule has 1 aliphatic rings. The lowest BCUT2D eigenvalue weighted by Crippen LogP contribution is -2.50. The van der Waals surface area contributed by atoms with Gasteiger partial charge in [-0.2, -0.15) is 0 Å². The minimum Gasteiger partial charge on any atom is -0.478 e. The molecule has 0 aliphatic carbocycles. The number of unbranched alkanes of at least 4 members (excludes halogenated alkanes) is 1. The molecule has 0 N–H and O–H groups in total. The second-order valence-corrected chi connectivity index (χ2v) is 6.80. The van der Waals surface area contributed by atoms with Gasteiger partial charge in [-0.05, 0) is 18.4 Å². The van der Waals surface area contributed by atoms with Crippen LogP contribution in [0.3, 0.4) is 0 Å². The van der Waals surface area contributed by atoms with Crippen LogP contribution in [0.25, 0.3) is 0 Å². The Bertz CT molecular complexity index is 720. The van der Waals surface area contributed by atoms with Crippen LogP contribution in [-0.4, -0.2) is 49.3 Å². The second kappa shape index (κ2) is 10.0. The lowest BCUT2D eigenvalue weighted by molar-refractivity contribution is -0.384. The fraction of sp³-hybridized carbons (Fsp3) is 0.579. The summed E-state index contributed by atoms with van der Waals surface area (Å²) in [4.78, 5) is 36.7. The van der Waals surface area contributed by atoms with Crippen LogP contribution in [0.5, 0.6) is 5.75 Å². The zero-order valence-corrected chi connectivity index (χ0v) is 16.4. The normalized spacial score (nSPS) is 15.9. The number of hydrogen-bond donors (Lipinski definition) is 0. The molecule has 1 aromatic carbocycles. The Kier molecular flexibility index (Phi) is 7.74. The number of carbonyl (C=O) groups excluding carboxylic acids is 2. The highest BCUT2D eigenvalue weighted by atomic mass is 16.6. The van der Waals surface area contributed by atoms with E-state index in [4.69, 9.17) is 14.2 Å². The maximum Gasteiger partial charge on any atom is 0.326 e. The summed E-state index contributed by atoms with van der Waals surface area (Å²) in [6, 6.07) is 3.97. The van der Waals surface area contributed by atoms with E-state index in [1.54, 1.807) is 0 Å². The van der Waals surface area contributed by atoms with Gasteiger partial charge in [-0.15, -0.1) is 0 Å². The number of ether oxygens (including phenoxy) is 3. The van der Waals surface area contributed by atoms with Crippen molar-refractivity contribution in [3.63, 3.8) is 0 Å². The van der Waals surface area contributed by atoms with E-state index < -0.39 is 22.9 Å². The van der Waals surface area contributed by atoms with Crippen molar-refractivity contribution < 1.29 is 28.7 Å². The SMILES string of the molecule is CCCCOCCOC(=O)CN1C(=O)C(C(C)C)Oc2ccc([N+](=O)[O-])cc21. The van der Waals surface area contributed by atoms with Gasteiger partial charge in [-0.25, -0.2) is 0 Å². The molecule has 2 rings (SSSR count). The summed E-state index contributed by atoms with van der Waals surface area (Å²) >= 11 is 0. The number of nitro groups is 1. The maximum absolute atomic E-state index is 12.8. The summed E-state index contributed by atoms with van der Waals surface area (Å²) in [6.07, 6.45) is 1.17. The van der Waals surface area contributed by atoms with Crippen LogP contribution in [0.2, 0.25) is 0 Å². The van der Waals surface area contributed by atoms with Gasteiger partial charge in [0.15, 0.2) is 6.10 Å². The first kappa shape index (κ1) is 21.6. The van der Waals surface area contributed by atoms with Gasteiger partial charge in [-0.3, -0.25) is 24.6 Å². The van der Waals surface area contributed by atoms with Crippen molar-refractivity contribution in [1.29, 1.82) is 0 Å². The van der Waals surface area contributed by atoms with Crippen molar-refractivity contribution >= 4 is 23.3 Å². The van der Waals surface area contributed by atoms with Crippen molar-refractivity contribution in [2.45, 2.75) is 39.7 Å². The second-order valence-electron chi connectivity index (χ2n) is 6.80. The molecule has 1 atom stereocenters. The number of nitro benzene ring substituents is 1. The Balaban J connectivity index is 2.10. The molecule has 0 bridgehead atoms. The minimum atomic E-state index is -0.779. The van der Waals surface area contributed by atoms with Crippen molar-refractivity contribution in [2.24, 2.45) is 5.92 Å². The van der Waals surface area contributed by atoms with E-state index in [-0.39, 0.29) is 37.1 Å². The van der Waals surface area contributed by atoms with Gasteiger partial charge in [-0.1, -0.05) is 27.2 Å². The van der Waals surface area contributed by atoms with Gasteiger partial charge < -0.3 is 14.2 Å². The van der Waals surface area contributed by atoms with Gasteiger partial charge in [0.25, 0.3) is 11.6 Å². The number of benzene rings is 1. The predicted molar refractivity (Wildman–Crippen MR) is 101 cm³/mol. The number of amides is 1. The summed E-state index contributed by atoms with van der Waals surface area (Å²) in [6.45, 7) is 6.30. The Hall–Kier alpha value is -2.68. The maximum atomic E-state index is 12.8. The number of carbonyl (C=O) groups is 2. The third-order valence-corrected chi connectivity index (χ3v) is 4.23. The molecule has 0 radical (unpaired) electrons. The number of hydrogen-bond acceptors (Lipinski definition) is 7. The van der Waals surface area contributed by atoms with Gasteiger partial charge in [0.05, 0.1) is 17.2 Å². The number of esters is 1. The molecule has 9 heteroatoms. The van der Waals surface area contributed by atoms with Crippen molar-refractivity contribution in [1.82, 2.24) is 0 Å². The number of anilines is 1. The Labute approximate surface area is 163 Å². The molecule has 9 nitrogen and oxygen atoms in total. The first-order valence-corrected chi connectivity index (χ1v) is 9.35. The lowest BCUT2D eigenvalue weighted by Gasteiger charge is -2.35. The van der Waals surface area contributed by atoms with E-state index in [9.17, 15) is 19.7 Å². The van der Waals surface area contributed by atoms with Gasteiger partial charge in [0.2, 0.25) is 0 Å². The Morgan fingerprint density at radius 1 is 1.32 bits per heavy atom. The van der Waals surface area contributed by atoms with Crippen LogP contribution >= 0.6 is 0 Å². The van der Waals surface area contributed by atoms with E-state index in [1.165, 1.54) is 23.1 Å². The topological polar surface area (TPSA) is 108 Å². The third-order valence-electron chi connectivity index (χ3n) is 4.23. The Morgan fingerprint density at radius 2 is 2.07 bits per heavy atom. The first-order chi connectivity index (χ1) is 13.3. The van der Waals surface area contributed by atoms with Crippen LogP contribution in [-0.2, 0) is 19.1 Å². The largest absolute Gasteiger partial charge is 0.478 e. The highest BCUT2D eigenvalue weighted by Gasteiger charge is 2.38. The molecule has 28 heavy (non-hydrogen) atoms. The van der Waals surface area contributed by atoms with Crippen LogP contribution in [0, 0.1) is 16.0 Å². The molecule has 154 valence electrons. The molecule has 0 fully saturated rings. The average molecular weight is 394 g/mol. The quantitative estimate of drug-likeness (QED) is 0.260. The van der Waals surface area contributed by atoms with Gasteiger partial charge in [0.1, 0.15) is 18.9 Å². The highest BCUT2D eigenvalue weighted by molar-refractivity contribution is 6.03. The van der Waals surface area contributed by atoms with E-state index >= 15 is 0 Å². The number of nitrogens with zero attached hydrogens (tertiary/aromatic N) is 2. The molecule has 0 saturated carbocycles. The van der Waals surface area contributed by atoms with Gasteiger partial charge in [0, 0.05) is 18.7 Å². The molecule has 1 aromatic rings. The third kappa shape index (κ3) is 5.41. The van der Waals surface area contributed by atoms with Crippen LogP contribution < -0.4 is 9.64 Å². The molecular weight excluding hydrogens is 368 g/mol. The van der Waals surface area contributed by atoms with E-state index in [1.807, 2.05) is 13.8 Å². The lowest BCUT2D eigenvalue weighted by atomic mass is 10.0. The van der Waals surface area contributed by atoms with E-state index in [0.29, 0.717) is 12.4 Å². The molecule has 1 amide bonds. The van der Waals surface area contributed by atoms with Gasteiger partial charge >= 0.3 is 5.97 Å². The van der Waals surface area contributed by atoms with Crippen molar-refractivity contribution in [3.05, 3.63) is 28.3 Å². The molecule has 1 aliphatic heterocycles. The highest BCUT2D eigenvalue weighted by Crippen LogP contribution is 2.38. The summed E-state index contributed by atoms with van der Waals surface area (Å²) in [7, 11) is 0. The fourth-order valence-corrected chi connectivity index (χ4v) is 2.71. The van der Waals surface area contributed by atoms with Crippen molar-refractivity contribution in [3.8, 4) is 5.75 Å². The van der Waals surface area contributed by atoms with E-state index in [2.05, 4.69) is 6.92 Å². The molecule has 1 unspecified atom stereocenters. The molecule has 1 heterocycles. The molecule has 0 saturated heterocycles. The summed E-state index contributed by atoms with van der Waals surface area (Å²) in [5, 5.41) is 11.1. The molecular formula is C19H26N2O7. The van der Waals surface area contributed by atoms with Crippen LogP contribution in [0.15, 0.2) is 18.2 Å². The van der Waals surface area contributed by atoms with Crippen LogP contribution in [0.4, 0.5) is 11.4 Å². The Morgan fingerprint density at radius 3 is 2.71 bits per heavy atom. The monoisotopic (exact) mass is 394 g/mol. The molecule has 0 aromatic heterocycles. The summed E-state index contributed by atoms with van der Waals surface area (Å²) < 4.78 is 16.2. The van der Waals surface area contributed by atoms with Crippen molar-refractivity contribution in [2.75, 3.05) is 31.3 Å². The number of non-ortho nitro benzene ring substituents is 1. The number of fused-ring (bicyclic) bond motifs is 1. The zero-order chi connectivity index (χ0) is 20.7. The zero-order valence-electron chi connectivity index (χ0n) is 16.4.